The molecule has 1 heterocycles. The van der Waals surface area contributed by atoms with E-state index in [1.54, 1.807) is 24.3 Å². The smallest absolute Gasteiger partial charge is 0.184 e. The first-order chi connectivity index (χ1) is 10.0. The van der Waals surface area contributed by atoms with Crippen molar-refractivity contribution in [3.8, 4) is 0 Å². The van der Waals surface area contributed by atoms with Gasteiger partial charge in [-0.3, -0.25) is 0 Å². The Labute approximate surface area is 118 Å². The SMILES string of the molecule is O[C@@H]1[C@@H](O)[C@H](O)[C@H](On2nnc3ccccc32)[C@H](O)[C@H]1O. The highest BCUT2D eigenvalue weighted by Crippen LogP contribution is 2.23. The minimum Gasteiger partial charge on any atom is -0.387 e. The molecule has 1 aromatic carbocycles. The number of aliphatic hydroxyl groups is 5. The lowest BCUT2D eigenvalue weighted by Crippen LogP contribution is -2.66. The molecular weight excluding hydrogens is 282 g/mol. The van der Waals surface area contributed by atoms with Crippen molar-refractivity contribution in [2.45, 2.75) is 36.6 Å². The van der Waals surface area contributed by atoms with Gasteiger partial charge in [0, 0.05) is 0 Å². The number of hydrogen-bond acceptors (Lipinski definition) is 8. The van der Waals surface area contributed by atoms with Crippen molar-refractivity contribution in [2.24, 2.45) is 0 Å². The van der Waals surface area contributed by atoms with E-state index in [0.29, 0.717) is 11.0 Å². The Morgan fingerprint density at radius 2 is 1.43 bits per heavy atom. The van der Waals surface area contributed by atoms with Crippen LogP contribution in [0.5, 0.6) is 0 Å². The number of aliphatic hydroxyl groups excluding tert-OH is 5. The molecule has 1 aliphatic carbocycles. The zero-order valence-corrected chi connectivity index (χ0v) is 10.8. The van der Waals surface area contributed by atoms with Crippen molar-refractivity contribution in [1.29, 1.82) is 0 Å². The standard InChI is InChI=1S/C12H15N3O6/c16-7-8(17)10(19)12(11(20)9(7)18)21-15-6-4-2-1-3-5(6)13-14-15/h1-4,7-12,16-20H/t7-,8-,9+,10+,11-,12+. The summed E-state index contributed by atoms with van der Waals surface area (Å²) in [6.45, 7) is 0. The van der Waals surface area contributed by atoms with Crippen LogP contribution in [-0.2, 0) is 0 Å². The van der Waals surface area contributed by atoms with Gasteiger partial charge in [0.25, 0.3) is 0 Å². The van der Waals surface area contributed by atoms with Gasteiger partial charge in [-0.05, 0) is 17.3 Å². The maximum atomic E-state index is 9.90. The minimum absolute atomic E-state index is 0.493. The predicted molar refractivity (Wildman–Crippen MR) is 67.9 cm³/mol. The zero-order valence-electron chi connectivity index (χ0n) is 10.8. The van der Waals surface area contributed by atoms with Gasteiger partial charge < -0.3 is 30.4 Å². The van der Waals surface area contributed by atoms with Crippen molar-refractivity contribution >= 4 is 11.0 Å². The quantitative estimate of drug-likeness (QED) is 0.396. The number of para-hydroxylation sites is 1. The largest absolute Gasteiger partial charge is 0.387 e. The number of nitrogens with zero attached hydrogens (tertiary/aromatic N) is 3. The molecule has 0 spiro atoms. The van der Waals surface area contributed by atoms with E-state index in [9.17, 15) is 25.5 Å². The summed E-state index contributed by atoms with van der Waals surface area (Å²) in [5, 5.41) is 56.2. The molecule has 114 valence electrons. The van der Waals surface area contributed by atoms with E-state index in [-0.39, 0.29) is 0 Å². The monoisotopic (exact) mass is 297 g/mol. The van der Waals surface area contributed by atoms with E-state index in [1.165, 1.54) is 0 Å². The molecule has 1 aliphatic rings. The molecule has 9 heteroatoms. The molecule has 0 saturated heterocycles. The fraction of sp³-hybridized carbons (Fsp3) is 0.500. The Morgan fingerprint density at radius 1 is 0.857 bits per heavy atom. The van der Waals surface area contributed by atoms with Crippen LogP contribution in [0.4, 0.5) is 0 Å². The fourth-order valence-electron chi connectivity index (χ4n) is 2.36. The molecule has 3 rings (SSSR count). The van der Waals surface area contributed by atoms with Gasteiger partial charge in [-0.15, -0.1) is 5.10 Å². The second kappa shape index (κ2) is 5.20. The third-order valence-electron chi connectivity index (χ3n) is 3.62. The van der Waals surface area contributed by atoms with E-state index in [0.717, 1.165) is 4.85 Å². The normalized spacial score (nSPS) is 36.8. The third kappa shape index (κ3) is 2.24. The van der Waals surface area contributed by atoms with Gasteiger partial charge in [-0.1, -0.05) is 17.0 Å². The molecule has 9 nitrogen and oxygen atoms in total. The number of aromatic nitrogens is 3. The average Bonchev–Trinajstić information content (AvgIpc) is 2.91. The Morgan fingerprint density at radius 3 is 2.10 bits per heavy atom. The summed E-state index contributed by atoms with van der Waals surface area (Å²) in [5.74, 6) is 0. The second-order valence-corrected chi connectivity index (χ2v) is 4.97. The van der Waals surface area contributed by atoms with Gasteiger partial charge in [0.1, 0.15) is 41.6 Å². The molecule has 0 aliphatic heterocycles. The molecule has 21 heavy (non-hydrogen) atoms. The first-order valence-corrected chi connectivity index (χ1v) is 6.38. The van der Waals surface area contributed by atoms with E-state index >= 15 is 0 Å². The summed E-state index contributed by atoms with van der Waals surface area (Å²) in [7, 11) is 0. The van der Waals surface area contributed by atoms with Crippen LogP contribution < -0.4 is 4.84 Å². The average molecular weight is 297 g/mol. The zero-order chi connectivity index (χ0) is 15.1. The van der Waals surface area contributed by atoms with Gasteiger partial charge in [0.15, 0.2) is 6.10 Å². The van der Waals surface area contributed by atoms with Crippen LogP contribution >= 0.6 is 0 Å². The Hall–Kier alpha value is -1.78. The van der Waals surface area contributed by atoms with Crippen molar-refractivity contribution in [2.75, 3.05) is 0 Å². The van der Waals surface area contributed by atoms with Crippen LogP contribution in [0.25, 0.3) is 11.0 Å². The Bertz CT molecular complexity index is 618. The van der Waals surface area contributed by atoms with E-state index in [1.807, 2.05) is 0 Å². The van der Waals surface area contributed by atoms with Gasteiger partial charge in [-0.2, -0.15) is 0 Å². The van der Waals surface area contributed by atoms with Crippen LogP contribution in [0, 0.1) is 0 Å². The molecular formula is C12H15N3O6. The van der Waals surface area contributed by atoms with E-state index in [2.05, 4.69) is 10.3 Å². The van der Waals surface area contributed by atoms with Crippen molar-refractivity contribution in [1.82, 2.24) is 15.2 Å². The van der Waals surface area contributed by atoms with Gasteiger partial charge in [0.2, 0.25) is 0 Å². The van der Waals surface area contributed by atoms with Crippen LogP contribution in [-0.4, -0.2) is 77.3 Å². The summed E-state index contributed by atoms with van der Waals surface area (Å²) in [5.41, 5.74) is 1.03. The summed E-state index contributed by atoms with van der Waals surface area (Å²) in [6, 6.07) is 6.85. The summed E-state index contributed by atoms with van der Waals surface area (Å²) in [4.78, 5) is 6.32. The lowest BCUT2D eigenvalue weighted by molar-refractivity contribution is -0.237. The topological polar surface area (TPSA) is 141 Å². The molecule has 6 atom stereocenters. The summed E-state index contributed by atoms with van der Waals surface area (Å²) in [6.07, 6.45) is -9.53. The number of benzene rings is 1. The highest BCUT2D eigenvalue weighted by molar-refractivity contribution is 5.73. The molecule has 0 radical (unpaired) electrons. The highest BCUT2D eigenvalue weighted by atomic mass is 16.7. The van der Waals surface area contributed by atoms with Gasteiger partial charge in [0.05, 0.1) is 0 Å². The number of hydrogen-bond donors (Lipinski definition) is 5. The van der Waals surface area contributed by atoms with Crippen molar-refractivity contribution in [3.05, 3.63) is 24.3 Å². The van der Waals surface area contributed by atoms with Crippen LogP contribution in [0.3, 0.4) is 0 Å². The van der Waals surface area contributed by atoms with E-state index in [4.69, 9.17) is 4.84 Å². The van der Waals surface area contributed by atoms with Crippen LogP contribution in [0.1, 0.15) is 0 Å². The second-order valence-electron chi connectivity index (χ2n) is 4.97. The molecule has 1 saturated carbocycles. The van der Waals surface area contributed by atoms with Crippen LogP contribution in [0.2, 0.25) is 0 Å². The third-order valence-corrected chi connectivity index (χ3v) is 3.62. The minimum atomic E-state index is -1.66. The van der Waals surface area contributed by atoms with Gasteiger partial charge in [-0.25, -0.2) is 0 Å². The first-order valence-electron chi connectivity index (χ1n) is 6.38. The number of rotatable bonds is 2. The van der Waals surface area contributed by atoms with Crippen LogP contribution in [0.15, 0.2) is 24.3 Å². The molecule has 1 fully saturated rings. The first kappa shape index (κ1) is 14.2. The van der Waals surface area contributed by atoms with Crippen molar-refractivity contribution in [3.63, 3.8) is 0 Å². The lowest BCUT2D eigenvalue weighted by Gasteiger charge is -2.40. The maximum Gasteiger partial charge on any atom is 0.184 e. The van der Waals surface area contributed by atoms with E-state index < -0.39 is 36.6 Å². The molecule has 0 amide bonds. The van der Waals surface area contributed by atoms with Crippen molar-refractivity contribution < 1.29 is 30.4 Å². The maximum absolute atomic E-state index is 9.90. The highest BCUT2D eigenvalue weighted by Gasteiger charge is 2.50. The summed E-state index contributed by atoms with van der Waals surface area (Å²) >= 11 is 0. The molecule has 0 bridgehead atoms. The Balaban J connectivity index is 1.89. The van der Waals surface area contributed by atoms with Gasteiger partial charge >= 0.3 is 0 Å². The molecule has 1 aromatic heterocycles. The molecule has 2 aromatic rings. The predicted octanol–water partition coefficient (Wildman–Crippen LogP) is -2.95. The molecule has 5 N–H and O–H groups in total. The Kier molecular flexibility index (Phi) is 3.51. The number of fused-ring (bicyclic) bond motifs is 1. The summed E-state index contributed by atoms with van der Waals surface area (Å²) < 4.78 is 0. The fourth-order valence-corrected chi connectivity index (χ4v) is 2.36. The lowest BCUT2D eigenvalue weighted by atomic mass is 9.85. The molecule has 0 unspecified atom stereocenters.